The van der Waals surface area contributed by atoms with Gasteiger partial charge in [0.15, 0.2) is 0 Å². The first kappa shape index (κ1) is 30.3. The Kier molecular flexibility index (Phi) is 10.4. The number of pyridine rings is 1. The molecule has 43 heavy (non-hydrogen) atoms. The molecule has 5 aromatic rings. The highest BCUT2D eigenvalue weighted by Gasteiger charge is 2.14. The molecule has 1 amide bonds. The van der Waals surface area contributed by atoms with Crippen molar-refractivity contribution in [1.29, 1.82) is 0 Å². The number of para-hydroxylation sites is 3. The third-order valence-corrected chi connectivity index (χ3v) is 7.74. The van der Waals surface area contributed by atoms with Crippen LogP contribution in [0.2, 0.25) is 0 Å². The average Bonchev–Trinajstić information content (AvgIpc) is 3.02. The molecule has 224 valence electrons. The molecular formula is C32H35N5O5S. The summed E-state index contributed by atoms with van der Waals surface area (Å²) in [7, 11) is -1.05. The number of rotatable bonds is 15. The van der Waals surface area contributed by atoms with Crippen LogP contribution in [0, 0.1) is 0 Å². The average molecular weight is 602 g/mol. The zero-order chi connectivity index (χ0) is 30.0. The zero-order valence-corrected chi connectivity index (χ0v) is 24.9. The molecule has 10 nitrogen and oxygen atoms in total. The lowest BCUT2D eigenvalue weighted by molar-refractivity contribution is -0.121. The van der Waals surface area contributed by atoms with Crippen LogP contribution in [0.3, 0.4) is 0 Å². The minimum absolute atomic E-state index is 0.00235. The predicted molar refractivity (Wildman–Crippen MR) is 171 cm³/mol. The Bertz CT molecular complexity index is 1750. The van der Waals surface area contributed by atoms with E-state index in [4.69, 9.17) is 14.5 Å². The summed E-state index contributed by atoms with van der Waals surface area (Å²) in [6, 6.07) is 23.2. The molecular weight excluding hydrogens is 566 g/mol. The lowest BCUT2D eigenvalue weighted by Crippen LogP contribution is -2.33. The summed E-state index contributed by atoms with van der Waals surface area (Å²) in [6.45, 7) is 2.67. The molecule has 2 heterocycles. The standard InChI is InChI=1S/C32H35N5O5S/c1-43(40)21-14-29-36-32(39)25-10-4-7-13-28(25)37(29)22-30(38)33-15-17-41-19-20-42-18-16-34-31-23-8-2-5-11-26(23)35-27-12-6-3-9-24(27)31/h2-13H,14-22H2,1H3,(H,33,38)(H,34,35). The number of hydrogen-bond donors (Lipinski definition) is 2. The van der Waals surface area contributed by atoms with Gasteiger partial charge in [0, 0.05) is 53.1 Å². The Morgan fingerprint density at radius 1 is 0.814 bits per heavy atom. The van der Waals surface area contributed by atoms with E-state index in [0.29, 0.717) is 68.4 Å². The number of nitrogens with one attached hydrogen (secondary N) is 2. The quantitative estimate of drug-likeness (QED) is 0.138. The minimum Gasteiger partial charge on any atom is -0.382 e. The molecule has 0 radical (unpaired) electrons. The van der Waals surface area contributed by atoms with Crippen molar-refractivity contribution < 1.29 is 18.5 Å². The number of ether oxygens (including phenoxy) is 2. The Labute approximate surface area is 251 Å². The van der Waals surface area contributed by atoms with Crippen LogP contribution in [0.15, 0.2) is 77.6 Å². The number of carbonyl (C=O) groups excluding carboxylic acids is 1. The van der Waals surface area contributed by atoms with Crippen LogP contribution < -0.4 is 16.2 Å². The van der Waals surface area contributed by atoms with E-state index in [1.54, 1.807) is 29.0 Å². The number of amides is 1. The highest BCUT2D eigenvalue weighted by Crippen LogP contribution is 2.30. The van der Waals surface area contributed by atoms with Crippen LogP contribution >= 0.6 is 0 Å². The first-order valence-corrected chi connectivity index (χ1v) is 16.0. The molecule has 0 saturated carbocycles. The normalized spacial score (nSPS) is 12.1. The zero-order valence-electron chi connectivity index (χ0n) is 24.1. The molecule has 0 aliphatic carbocycles. The molecule has 0 aliphatic rings. The number of benzene rings is 3. The molecule has 1 unspecified atom stereocenters. The smallest absolute Gasteiger partial charge is 0.280 e. The predicted octanol–water partition coefficient (Wildman–Crippen LogP) is 3.28. The van der Waals surface area contributed by atoms with E-state index < -0.39 is 10.8 Å². The maximum absolute atomic E-state index is 12.7. The molecule has 5 rings (SSSR count). The Balaban J connectivity index is 1.03. The number of carbonyl (C=O) groups is 1. The van der Waals surface area contributed by atoms with Gasteiger partial charge in [0.05, 0.1) is 54.1 Å². The Hall–Kier alpha value is -4.19. The van der Waals surface area contributed by atoms with Crippen LogP contribution in [-0.4, -0.2) is 76.2 Å². The van der Waals surface area contributed by atoms with Gasteiger partial charge >= 0.3 is 0 Å². The highest BCUT2D eigenvalue weighted by atomic mass is 32.2. The molecule has 3 aromatic carbocycles. The number of fused-ring (bicyclic) bond motifs is 3. The van der Waals surface area contributed by atoms with Crippen molar-refractivity contribution in [2.45, 2.75) is 13.0 Å². The number of nitrogens with zero attached hydrogens (tertiary/aromatic N) is 3. The minimum atomic E-state index is -1.05. The molecule has 2 N–H and O–H groups in total. The van der Waals surface area contributed by atoms with Gasteiger partial charge in [-0.05, 0) is 24.3 Å². The van der Waals surface area contributed by atoms with Gasteiger partial charge in [-0.15, -0.1) is 0 Å². The van der Waals surface area contributed by atoms with Crippen molar-refractivity contribution in [1.82, 2.24) is 19.9 Å². The Morgan fingerprint density at radius 3 is 2.09 bits per heavy atom. The van der Waals surface area contributed by atoms with Crippen molar-refractivity contribution in [3.8, 4) is 0 Å². The second-order valence-corrected chi connectivity index (χ2v) is 11.5. The van der Waals surface area contributed by atoms with E-state index in [0.717, 1.165) is 27.5 Å². The molecule has 0 spiro atoms. The fraction of sp³-hybridized carbons (Fsp3) is 0.312. The summed E-state index contributed by atoms with van der Waals surface area (Å²) < 4.78 is 24.7. The summed E-state index contributed by atoms with van der Waals surface area (Å²) in [4.78, 5) is 34.1. The fourth-order valence-electron chi connectivity index (χ4n) is 4.93. The topological polar surface area (TPSA) is 124 Å². The third-order valence-electron chi connectivity index (χ3n) is 6.96. The first-order valence-electron chi connectivity index (χ1n) is 14.2. The van der Waals surface area contributed by atoms with Crippen LogP contribution in [0.5, 0.6) is 0 Å². The molecule has 11 heteroatoms. The van der Waals surface area contributed by atoms with E-state index in [1.807, 2.05) is 42.5 Å². The number of anilines is 1. The largest absolute Gasteiger partial charge is 0.382 e. The van der Waals surface area contributed by atoms with Crippen molar-refractivity contribution in [3.05, 3.63) is 89.0 Å². The summed E-state index contributed by atoms with van der Waals surface area (Å²) in [6.07, 6.45) is 1.94. The summed E-state index contributed by atoms with van der Waals surface area (Å²) in [5.74, 6) is 0.578. The maximum atomic E-state index is 12.7. The van der Waals surface area contributed by atoms with Crippen molar-refractivity contribution in [2.24, 2.45) is 0 Å². The molecule has 0 aliphatic heterocycles. The maximum Gasteiger partial charge on any atom is 0.280 e. The van der Waals surface area contributed by atoms with Crippen molar-refractivity contribution >= 4 is 55.1 Å². The van der Waals surface area contributed by atoms with Crippen LogP contribution in [-0.2, 0) is 38.0 Å². The molecule has 0 saturated heterocycles. The van der Waals surface area contributed by atoms with E-state index in [1.165, 1.54) is 0 Å². The second-order valence-electron chi connectivity index (χ2n) is 9.99. The monoisotopic (exact) mass is 601 g/mol. The van der Waals surface area contributed by atoms with Crippen molar-refractivity contribution in [2.75, 3.05) is 56.8 Å². The van der Waals surface area contributed by atoms with Gasteiger partial charge in [0.1, 0.15) is 12.4 Å². The van der Waals surface area contributed by atoms with Gasteiger partial charge in [-0.25, -0.2) is 4.98 Å². The summed E-state index contributed by atoms with van der Waals surface area (Å²) in [5.41, 5.74) is 3.22. The van der Waals surface area contributed by atoms with Gasteiger partial charge in [-0.1, -0.05) is 48.5 Å². The van der Waals surface area contributed by atoms with Crippen molar-refractivity contribution in [3.63, 3.8) is 0 Å². The van der Waals surface area contributed by atoms with Gasteiger partial charge in [-0.3, -0.25) is 13.8 Å². The fourth-order valence-corrected chi connectivity index (χ4v) is 5.40. The van der Waals surface area contributed by atoms with E-state index in [-0.39, 0.29) is 18.0 Å². The van der Waals surface area contributed by atoms with Gasteiger partial charge in [0.2, 0.25) is 5.91 Å². The molecule has 1 atom stereocenters. The van der Waals surface area contributed by atoms with Gasteiger partial charge in [-0.2, -0.15) is 4.98 Å². The van der Waals surface area contributed by atoms with E-state index >= 15 is 0 Å². The number of aryl methyl sites for hydroxylation is 1. The highest BCUT2D eigenvalue weighted by molar-refractivity contribution is 7.84. The summed E-state index contributed by atoms with van der Waals surface area (Å²) >= 11 is 0. The van der Waals surface area contributed by atoms with E-state index in [2.05, 4.69) is 27.8 Å². The third kappa shape index (κ3) is 7.81. The van der Waals surface area contributed by atoms with Gasteiger partial charge < -0.3 is 24.7 Å². The summed E-state index contributed by atoms with van der Waals surface area (Å²) in [5, 5.41) is 8.96. The molecule has 0 bridgehead atoms. The molecule has 0 fully saturated rings. The van der Waals surface area contributed by atoms with E-state index in [9.17, 15) is 13.8 Å². The SMILES string of the molecule is CS(=O)CCc1nc(=O)c2ccccc2n1CC(=O)NCCOCCOCCNc1c2ccccc2nc2ccccc12. The number of aromatic nitrogens is 3. The lowest BCUT2D eigenvalue weighted by atomic mass is 10.1. The Morgan fingerprint density at radius 2 is 1.42 bits per heavy atom. The lowest BCUT2D eigenvalue weighted by Gasteiger charge is -2.15. The second kappa shape index (κ2) is 14.8. The van der Waals surface area contributed by atoms with Crippen LogP contribution in [0.4, 0.5) is 5.69 Å². The van der Waals surface area contributed by atoms with Crippen LogP contribution in [0.25, 0.3) is 32.7 Å². The molecule has 2 aromatic heterocycles. The first-order chi connectivity index (χ1) is 21.0. The number of hydrogen-bond acceptors (Lipinski definition) is 8. The van der Waals surface area contributed by atoms with Gasteiger partial charge in [0.25, 0.3) is 5.56 Å². The van der Waals surface area contributed by atoms with Crippen LogP contribution in [0.1, 0.15) is 5.82 Å².